The lowest BCUT2D eigenvalue weighted by Gasteiger charge is -2.29. The number of carbonyl (C=O) groups is 2. The highest BCUT2D eigenvalue weighted by Crippen LogP contribution is 2.29. The molecule has 3 rings (SSSR count). The Hall–Kier alpha value is -2.92. The lowest BCUT2D eigenvalue weighted by Crippen LogP contribution is -2.39. The minimum atomic E-state index is -0.536. The molecule has 8 heteroatoms. The minimum absolute atomic E-state index is 0.283. The molecular formula is C19H20N4O3S. The molecule has 0 unspecified atom stereocenters. The van der Waals surface area contributed by atoms with Gasteiger partial charge in [0, 0.05) is 23.4 Å². The van der Waals surface area contributed by atoms with Gasteiger partial charge in [0.05, 0.1) is 23.9 Å². The van der Waals surface area contributed by atoms with Crippen LogP contribution in [0.2, 0.25) is 0 Å². The minimum Gasteiger partial charge on any atom is -0.444 e. The smallest absolute Gasteiger partial charge is 0.410 e. The molecule has 0 atom stereocenters. The van der Waals surface area contributed by atoms with Crippen molar-refractivity contribution in [1.82, 2.24) is 9.88 Å². The average molecular weight is 384 g/mol. The van der Waals surface area contributed by atoms with Gasteiger partial charge in [-0.2, -0.15) is 5.26 Å². The number of hydrogen-bond donors (Lipinski definition) is 1. The van der Waals surface area contributed by atoms with E-state index in [1.54, 1.807) is 29.2 Å². The third kappa shape index (κ3) is 4.63. The van der Waals surface area contributed by atoms with Crippen LogP contribution >= 0.6 is 11.3 Å². The van der Waals surface area contributed by atoms with Crippen LogP contribution in [0.25, 0.3) is 0 Å². The molecule has 0 saturated heterocycles. The van der Waals surface area contributed by atoms with Gasteiger partial charge in [0.1, 0.15) is 5.60 Å². The van der Waals surface area contributed by atoms with Crippen LogP contribution in [-0.4, -0.2) is 34.0 Å². The van der Waals surface area contributed by atoms with Crippen LogP contribution in [0.3, 0.4) is 0 Å². The van der Waals surface area contributed by atoms with Crippen molar-refractivity contribution in [2.24, 2.45) is 0 Å². The van der Waals surface area contributed by atoms with Crippen molar-refractivity contribution in [2.75, 3.05) is 11.9 Å². The fraction of sp³-hybridized carbons (Fsp3) is 0.368. The summed E-state index contributed by atoms with van der Waals surface area (Å²) in [6.45, 7) is 6.47. The van der Waals surface area contributed by atoms with Crippen LogP contribution in [-0.2, 0) is 17.7 Å². The largest absolute Gasteiger partial charge is 0.444 e. The highest BCUT2D eigenvalue weighted by Gasteiger charge is 2.28. The Morgan fingerprint density at radius 2 is 2.00 bits per heavy atom. The normalized spacial score (nSPS) is 13.5. The predicted molar refractivity (Wildman–Crippen MR) is 102 cm³/mol. The molecule has 0 spiro atoms. The van der Waals surface area contributed by atoms with Gasteiger partial charge in [0.25, 0.3) is 5.91 Å². The number of hydrogen-bond acceptors (Lipinski definition) is 6. The van der Waals surface area contributed by atoms with E-state index in [2.05, 4.69) is 10.3 Å². The van der Waals surface area contributed by atoms with E-state index in [4.69, 9.17) is 10.00 Å². The number of aromatic nitrogens is 1. The van der Waals surface area contributed by atoms with Gasteiger partial charge >= 0.3 is 6.09 Å². The van der Waals surface area contributed by atoms with Gasteiger partial charge in [-0.25, -0.2) is 9.78 Å². The quantitative estimate of drug-likeness (QED) is 0.854. The lowest BCUT2D eigenvalue weighted by atomic mass is 10.1. The molecule has 0 radical (unpaired) electrons. The number of nitrogens with one attached hydrogen (secondary N) is 1. The zero-order chi connectivity index (χ0) is 19.6. The molecule has 7 nitrogen and oxygen atoms in total. The molecule has 0 fully saturated rings. The van der Waals surface area contributed by atoms with Crippen molar-refractivity contribution in [3.05, 3.63) is 46.0 Å². The van der Waals surface area contributed by atoms with E-state index in [-0.39, 0.29) is 12.0 Å². The molecule has 0 saturated carbocycles. The van der Waals surface area contributed by atoms with Crippen molar-refractivity contribution in [2.45, 2.75) is 39.3 Å². The first-order valence-electron chi connectivity index (χ1n) is 8.53. The SMILES string of the molecule is CC(C)(C)OC(=O)N1CCc2nc(NC(=O)c3ccc(C#N)cc3)sc2C1. The molecule has 1 aromatic heterocycles. The van der Waals surface area contributed by atoms with Crippen LogP contribution in [0.15, 0.2) is 24.3 Å². The van der Waals surface area contributed by atoms with Gasteiger partial charge in [-0.1, -0.05) is 11.3 Å². The fourth-order valence-electron chi connectivity index (χ4n) is 2.60. The van der Waals surface area contributed by atoms with E-state index in [9.17, 15) is 9.59 Å². The highest BCUT2D eigenvalue weighted by atomic mass is 32.1. The molecular weight excluding hydrogens is 364 g/mol. The van der Waals surface area contributed by atoms with Gasteiger partial charge in [0.15, 0.2) is 5.13 Å². The van der Waals surface area contributed by atoms with Crippen LogP contribution < -0.4 is 5.32 Å². The first-order chi connectivity index (χ1) is 12.7. The van der Waals surface area contributed by atoms with Gasteiger partial charge in [-0.15, -0.1) is 0 Å². The molecule has 1 N–H and O–H groups in total. The molecule has 2 heterocycles. The maximum absolute atomic E-state index is 12.3. The molecule has 2 aromatic rings. The van der Waals surface area contributed by atoms with E-state index in [1.165, 1.54) is 11.3 Å². The summed E-state index contributed by atoms with van der Waals surface area (Å²) >= 11 is 1.36. The summed E-state index contributed by atoms with van der Waals surface area (Å²) in [5.74, 6) is -0.283. The maximum atomic E-state index is 12.3. The summed E-state index contributed by atoms with van der Waals surface area (Å²) in [5.41, 5.74) is 1.32. The molecule has 0 bridgehead atoms. The van der Waals surface area contributed by atoms with Crippen molar-refractivity contribution in [3.8, 4) is 6.07 Å². The molecule has 1 aromatic carbocycles. The molecule has 0 aliphatic carbocycles. The fourth-order valence-corrected chi connectivity index (χ4v) is 3.62. The van der Waals surface area contributed by atoms with Gasteiger partial charge < -0.3 is 9.64 Å². The Bertz CT molecular complexity index is 907. The molecule has 140 valence electrons. The van der Waals surface area contributed by atoms with E-state index < -0.39 is 5.60 Å². The maximum Gasteiger partial charge on any atom is 0.410 e. The second-order valence-electron chi connectivity index (χ2n) is 7.18. The Balaban J connectivity index is 1.66. The number of nitrogens with zero attached hydrogens (tertiary/aromatic N) is 3. The zero-order valence-corrected chi connectivity index (χ0v) is 16.2. The zero-order valence-electron chi connectivity index (χ0n) is 15.4. The van der Waals surface area contributed by atoms with Crippen LogP contribution in [0.4, 0.5) is 9.93 Å². The van der Waals surface area contributed by atoms with Gasteiger partial charge in [-0.3, -0.25) is 10.1 Å². The second kappa shape index (κ2) is 7.37. The number of thiazole rings is 1. The van der Waals surface area contributed by atoms with E-state index in [0.29, 0.717) is 35.8 Å². The first-order valence-corrected chi connectivity index (χ1v) is 9.35. The van der Waals surface area contributed by atoms with E-state index >= 15 is 0 Å². The number of rotatable bonds is 2. The average Bonchev–Trinajstić information content (AvgIpc) is 3.01. The molecule has 1 aliphatic rings. The van der Waals surface area contributed by atoms with Gasteiger partial charge in [-0.05, 0) is 45.0 Å². The van der Waals surface area contributed by atoms with Crippen molar-refractivity contribution in [3.63, 3.8) is 0 Å². The summed E-state index contributed by atoms with van der Waals surface area (Å²) in [7, 11) is 0. The van der Waals surface area contributed by atoms with Gasteiger partial charge in [0.2, 0.25) is 0 Å². The number of carbonyl (C=O) groups excluding carboxylic acids is 2. The van der Waals surface area contributed by atoms with Crippen LogP contribution in [0.1, 0.15) is 47.3 Å². The van der Waals surface area contributed by atoms with Crippen LogP contribution in [0, 0.1) is 11.3 Å². The Morgan fingerprint density at radius 1 is 1.30 bits per heavy atom. The Labute approximate surface area is 161 Å². The number of benzene rings is 1. The highest BCUT2D eigenvalue weighted by molar-refractivity contribution is 7.15. The predicted octanol–water partition coefficient (Wildman–Crippen LogP) is 3.56. The summed E-state index contributed by atoms with van der Waals surface area (Å²) in [6, 6.07) is 8.42. The number of ether oxygens (including phenoxy) is 1. The number of fused-ring (bicyclic) bond motifs is 1. The summed E-state index contributed by atoms with van der Waals surface area (Å²) in [5, 5.41) is 12.1. The van der Waals surface area contributed by atoms with E-state index in [1.807, 2.05) is 26.8 Å². The number of nitriles is 1. The first kappa shape index (κ1) is 18.9. The summed E-state index contributed by atoms with van der Waals surface area (Å²) in [6.07, 6.45) is 0.280. The number of anilines is 1. The van der Waals surface area contributed by atoms with E-state index in [0.717, 1.165) is 10.6 Å². The number of amides is 2. The third-order valence-corrected chi connectivity index (χ3v) is 4.88. The summed E-state index contributed by atoms with van der Waals surface area (Å²) < 4.78 is 5.42. The van der Waals surface area contributed by atoms with Crippen LogP contribution in [0.5, 0.6) is 0 Å². The summed E-state index contributed by atoms with van der Waals surface area (Å²) in [4.78, 5) is 31.7. The second-order valence-corrected chi connectivity index (χ2v) is 8.27. The Morgan fingerprint density at radius 3 is 2.63 bits per heavy atom. The Kier molecular flexibility index (Phi) is 5.15. The van der Waals surface area contributed by atoms with Crippen molar-refractivity contribution >= 4 is 28.5 Å². The topological polar surface area (TPSA) is 95.3 Å². The standard InChI is InChI=1S/C19H20N4O3S/c1-19(2,3)26-18(25)23-9-8-14-15(11-23)27-17(21-14)22-16(24)13-6-4-12(10-20)5-7-13/h4-7H,8-9,11H2,1-3H3,(H,21,22,24). The molecule has 2 amide bonds. The van der Waals surface area contributed by atoms with Crippen molar-refractivity contribution in [1.29, 1.82) is 5.26 Å². The third-order valence-electron chi connectivity index (χ3n) is 3.88. The monoisotopic (exact) mass is 384 g/mol. The molecule has 1 aliphatic heterocycles. The molecule has 27 heavy (non-hydrogen) atoms. The van der Waals surface area contributed by atoms with Crippen molar-refractivity contribution < 1.29 is 14.3 Å². The lowest BCUT2D eigenvalue weighted by molar-refractivity contribution is 0.0225.